The van der Waals surface area contributed by atoms with Crippen LogP contribution in [0.5, 0.6) is 0 Å². The molecular formula is C17H20N2O4. The lowest BCUT2D eigenvalue weighted by Crippen LogP contribution is -2.08. The number of methoxy groups -OCH3 is 1. The predicted octanol–water partition coefficient (Wildman–Crippen LogP) is 2.77. The standard InChI is InChI=1S/C17H20N2O4/c1-5-15(17(21)22-4)16-9-7-6-8-14(16)10-23-19-13(3)12(2)18-11-20/h5-9,11H,10H2,1-4H3/b15-5+,18-12?,19-13+. The van der Waals surface area contributed by atoms with Gasteiger partial charge in [0, 0.05) is 5.56 Å². The molecule has 0 bridgehead atoms. The van der Waals surface area contributed by atoms with E-state index < -0.39 is 5.97 Å². The summed E-state index contributed by atoms with van der Waals surface area (Å²) in [5, 5.41) is 3.92. The molecule has 6 heteroatoms. The van der Waals surface area contributed by atoms with E-state index in [4.69, 9.17) is 9.57 Å². The molecular weight excluding hydrogens is 296 g/mol. The van der Waals surface area contributed by atoms with Crippen molar-refractivity contribution in [3.63, 3.8) is 0 Å². The van der Waals surface area contributed by atoms with Crippen LogP contribution in [0.1, 0.15) is 31.9 Å². The van der Waals surface area contributed by atoms with Gasteiger partial charge in [0.2, 0.25) is 6.41 Å². The minimum atomic E-state index is -0.409. The first-order chi connectivity index (χ1) is 11.0. The fraction of sp³-hybridized carbons (Fsp3) is 0.294. The Morgan fingerprint density at radius 1 is 1.22 bits per heavy atom. The Kier molecular flexibility index (Phi) is 7.39. The van der Waals surface area contributed by atoms with Gasteiger partial charge in [-0.2, -0.15) is 0 Å². The number of esters is 1. The number of ether oxygens (including phenoxy) is 1. The van der Waals surface area contributed by atoms with Crippen molar-refractivity contribution in [2.24, 2.45) is 10.1 Å². The first-order valence-corrected chi connectivity index (χ1v) is 7.03. The fourth-order valence-electron chi connectivity index (χ4n) is 1.84. The predicted molar refractivity (Wildman–Crippen MR) is 89.2 cm³/mol. The maximum absolute atomic E-state index is 11.8. The van der Waals surface area contributed by atoms with Gasteiger partial charge < -0.3 is 9.57 Å². The molecule has 0 unspecified atom stereocenters. The van der Waals surface area contributed by atoms with Crippen LogP contribution in [0.4, 0.5) is 0 Å². The Hall–Kier alpha value is -2.76. The van der Waals surface area contributed by atoms with Gasteiger partial charge in [0.15, 0.2) is 0 Å². The van der Waals surface area contributed by atoms with E-state index in [2.05, 4.69) is 10.1 Å². The molecule has 0 heterocycles. The monoisotopic (exact) mass is 316 g/mol. The first kappa shape index (κ1) is 18.3. The molecule has 0 aliphatic rings. The molecule has 0 spiro atoms. The highest BCUT2D eigenvalue weighted by Gasteiger charge is 2.15. The zero-order valence-electron chi connectivity index (χ0n) is 13.7. The number of allylic oxidation sites excluding steroid dienone is 1. The number of oxime groups is 1. The van der Waals surface area contributed by atoms with Gasteiger partial charge >= 0.3 is 5.97 Å². The quantitative estimate of drug-likeness (QED) is 0.255. The first-order valence-electron chi connectivity index (χ1n) is 7.03. The fourth-order valence-corrected chi connectivity index (χ4v) is 1.84. The van der Waals surface area contributed by atoms with E-state index in [1.165, 1.54) is 7.11 Å². The number of nitrogens with zero attached hydrogens (tertiary/aromatic N) is 2. The summed E-state index contributed by atoms with van der Waals surface area (Å²) >= 11 is 0. The third kappa shape index (κ3) is 5.18. The van der Waals surface area contributed by atoms with Gasteiger partial charge in [-0.05, 0) is 26.3 Å². The summed E-state index contributed by atoms with van der Waals surface area (Å²) in [6, 6.07) is 7.35. The van der Waals surface area contributed by atoms with Gasteiger partial charge in [0.1, 0.15) is 6.61 Å². The smallest absolute Gasteiger partial charge is 0.338 e. The number of aliphatic imine (C=N–C) groups is 1. The van der Waals surface area contributed by atoms with E-state index in [1.807, 2.05) is 24.3 Å². The van der Waals surface area contributed by atoms with E-state index in [0.717, 1.165) is 11.1 Å². The SMILES string of the molecule is C/C=C(/C(=O)OC)c1ccccc1CO/N=C(\C)C(C)=NC=O. The Labute approximate surface area is 135 Å². The van der Waals surface area contributed by atoms with Gasteiger partial charge in [0.05, 0.1) is 24.1 Å². The van der Waals surface area contributed by atoms with Crippen LogP contribution >= 0.6 is 0 Å². The normalized spacial score (nSPS) is 12.8. The molecule has 6 nitrogen and oxygen atoms in total. The van der Waals surface area contributed by atoms with Crippen LogP contribution in [0.25, 0.3) is 5.57 Å². The van der Waals surface area contributed by atoms with Crippen LogP contribution in [0, 0.1) is 0 Å². The molecule has 122 valence electrons. The Balaban J connectivity index is 2.95. The maximum atomic E-state index is 11.8. The molecule has 0 aliphatic carbocycles. The van der Waals surface area contributed by atoms with Crippen molar-refractivity contribution in [2.75, 3.05) is 7.11 Å². The van der Waals surface area contributed by atoms with Crippen LogP contribution in [-0.4, -0.2) is 30.9 Å². The van der Waals surface area contributed by atoms with Crippen LogP contribution in [-0.2, 0) is 25.8 Å². The Morgan fingerprint density at radius 3 is 2.52 bits per heavy atom. The molecule has 0 saturated heterocycles. The number of carbonyl (C=O) groups is 2. The molecule has 0 atom stereocenters. The van der Waals surface area contributed by atoms with Crippen LogP contribution < -0.4 is 0 Å². The zero-order valence-corrected chi connectivity index (χ0v) is 13.7. The van der Waals surface area contributed by atoms with E-state index >= 15 is 0 Å². The van der Waals surface area contributed by atoms with Gasteiger partial charge in [-0.25, -0.2) is 9.79 Å². The minimum Gasteiger partial charge on any atom is -0.465 e. The van der Waals surface area contributed by atoms with Crippen molar-refractivity contribution in [2.45, 2.75) is 27.4 Å². The Morgan fingerprint density at radius 2 is 1.91 bits per heavy atom. The third-order valence-electron chi connectivity index (χ3n) is 3.19. The molecule has 1 aromatic carbocycles. The molecule has 1 amide bonds. The molecule has 0 N–H and O–H groups in total. The summed E-state index contributed by atoms with van der Waals surface area (Å²) in [5.41, 5.74) is 2.98. The summed E-state index contributed by atoms with van der Waals surface area (Å²) < 4.78 is 4.79. The van der Waals surface area contributed by atoms with Crippen molar-refractivity contribution in [1.82, 2.24) is 0 Å². The van der Waals surface area contributed by atoms with Crippen molar-refractivity contribution in [3.05, 3.63) is 41.5 Å². The van der Waals surface area contributed by atoms with Crippen molar-refractivity contribution in [1.29, 1.82) is 0 Å². The lowest BCUT2D eigenvalue weighted by atomic mass is 10.00. The second-order valence-electron chi connectivity index (χ2n) is 4.62. The van der Waals surface area contributed by atoms with Crippen molar-refractivity contribution >= 4 is 29.4 Å². The Bertz CT molecular complexity index is 660. The number of benzene rings is 1. The molecule has 1 aromatic rings. The largest absolute Gasteiger partial charge is 0.465 e. The number of rotatable bonds is 7. The zero-order chi connectivity index (χ0) is 17.2. The van der Waals surface area contributed by atoms with Gasteiger partial charge in [-0.1, -0.05) is 35.5 Å². The summed E-state index contributed by atoms with van der Waals surface area (Å²) in [5.74, 6) is -0.409. The van der Waals surface area contributed by atoms with Gasteiger partial charge in [0.25, 0.3) is 0 Å². The van der Waals surface area contributed by atoms with Gasteiger partial charge in [-0.3, -0.25) is 4.79 Å². The maximum Gasteiger partial charge on any atom is 0.338 e. The summed E-state index contributed by atoms with van der Waals surface area (Å²) in [6.45, 7) is 5.31. The molecule has 23 heavy (non-hydrogen) atoms. The van der Waals surface area contributed by atoms with E-state index in [-0.39, 0.29) is 6.61 Å². The lowest BCUT2D eigenvalue weighted by Gasteiger charge is -2.10. The minimum absolute atomic E-state index is 0.177. The average molecular weight is 316 g/mol. The topological polar surface area (TPSA) is 77.3 Å². The molecule has 0 radical (unpaired) electrons. The molecule has 1 rings (SSSR count). The highest BCUT2D eigenvalue weighted by molar-refractivity contribution is 6.41. The summed E-state index contributed by atoms with van der Waals surface area (Å²) in [4.78, 5) is 31.1. The third-order valence-corrected chi connectivity index (χ3v) is 3.19. The molecule has 0 fully saturated rings. The number of carbonyl (C=O) groups excluding carboxylic acids is 2. The van der Waals surface area contributed by atoms with E-state index in [1.54, 1.807) is 26.8 Å². The van der Waals surface area contributed by atoms with Crippen molar-refractivity contribution in [3.8, 4) is 0 Å². The number of hydrogen-bond donors (Lipinski definition) is 0. The van der Waals surface area contributed by atoms with Crippen LogP contribution in [0.3, 0.4) is 0 Å². The summed E-state index contributed by atoms with van der Waals surface area (Å²) in [7, 11) is 1.34. The highest BCUT2D eigenvalue weighted by Crippen LogP contribution is 2.21. The highest BCUT2D eigenvalue weighted by atomic mass is 16.6. The van der Waals surface area contributed by atoms with E-state index in [9.17, 15) is 9.59 Å². The van der Waals surface area contributed by atoms with Gasteiger partial charge in [-0.15, -0.1) is 0 Å². The van der Waals surface area contributed by atoms with Crippen molar-refractivity contribution < 1.29 is 19.2 Å². The molecule has 0 saturated carbocycles. The summed E-state index contributed by atoms with van der Waals surface area (Å²) in [6.07, 6.45) is 2.15. The van der Waals surface area contributed by atoms with Crippen LogP contribution in [0.2, 0.25) is 0 Å². The number of hydrogen-bond acceptors (Lipinski definition) is 5. The second kappa shape index (κ2) is 9.30. The average Bonchev–Trinajstić information content (AvgIpc) is 2.56. The number of amides is 1. The molecule has 0 aromatic heterocycles. The van der Waals surface area contributed by atoms with E-state index in [0.29, 0.717) is 23.4 Å². The second-order valence-corrected chi connectivity index (χ2v) is 4.62. The molecule has 0 aliphatic heterocycles. The lowest BCUT2D eigenvalue weighted by molar-refractivity contribution is -0.133. The van der Waals surface area contributed by atoms with Crippen LogP contribution in [0.15, 0.2) is 40.5 Å².